The summed E-state index contributed by atoms with van der Waals surface area (Å²) in [7, 11) is 0. The van der Waals surface area contributed by atoms with E-state index in [2.05, 4.69) is 22.9 Å². The Morgan fingerprint density at radius 1 is 0.760 bits per heavy atom. The van der Waals surface area contributed by atoms with Crippen molar-refractivity contribution >= 4 is 17.3 Å². The third kappa shape index (κ3) is 5.19. The molecule has 0 saturated carbocycles. The Morgan fingerprint density at radius 3 is 1.96 bits per heavy atom. The van der Waals surface area contributed by atoms with Crippen molar-refractivity contribution < 1.29 is 4.79 Å². The van der Waals surface area contributed by atoms with E-state index in [1.54, 1.807) is 0 Å². The van der Waals surface area contributed by atoms with Crippen molar-refractivity contribution in [2.24, 2.45) is 0 Å². The minimum absolute atomic E-state index is 0.0832. The Bertz CT molecular complexity index is 776. The van der Waals surface area contributed by atoms with Gasteiger partial charge in [0.2, 0.25) is 5.91 Å². The van der Waals surface area contributed by atoms with Gasteiger partial charge in [0.15, 0.2) is 0 Å². The van der Waals surface area contributed by atoms with Crippen molar-refractivity contribution in [3.8, 4) is 0 Å². The maximum Gasteiger partial charge on any atom is 0.240 e. The topological polar surface area (TPSA) is 44.4 Å². The lowest BCUT2D eigenvalue weighted by Crippen LogP contribution is -2.42. The molecule has 0 aliphatic heterocycles. The average molecular weight is 331 g/mol. The van der Waals surface area contributed by atoms with Crippen LogP contribution in [0.1, 0.15) is 5.56 Å². The first-order chi connectivity index (χ1) is 12.3. The van der Waals surface area contributed by atoms with Gasteiger partial charge < -0.3 is 10.3 Å². The molecule has 0 atom stereocenters. The van der Waals surface area contributed by atoms with Crippen LogP contribution < -0.4 is 15.8 Å². The van der Waals surface area contributed by atoms with Crippen molar-refractivity contribution in [3.63, 3.8) is 0 Å². The maximum absolute atomic E-state index is 12.2. The molecule has 126 valence electrons. The van der Waals surface area contributed by atoms with Crippen LogP contribution in [0.25, 0.3) is 0 Å². The van der Waals surface area contributed by atoms with Crippen molar-refractivity contribution in [1.82, 2.24) is 5.43 Å². The second-order valence-corrected chi connectivity index (χ2v) is 5.66. The van der Waals surface area contributed by atoms with E-state index in [-0.39, 0.29) is 12.5 Å². The van der Waals surface area contributed by atoms with Crippen LogP contribution in [-0.4, -0.2) is 12.5 Å². The van der Waals surface area contributed by atoms with Gasteiger partial charge in [-0.3, -0.25) is 4.79 Å². The molecule has 0 spiro atoms. The van der Waals surface area contributed by atoms with Crippen LogP contribution in [0.2, 0.25) is 0 Å². The zero-order chi connectivity index (χ0) is 17.3. The molecule has 0 saturated heterocycles. The fourth-order valence-corrected chi connectivity index (χ4v) is 2.51. The number of carbonyl (C=O) groups excluding carboxylic acids is 1. The number of hydrogen-bond donors (Lipinski definition) is 2. The summed E-state index contributed by atoms with van der Waals surface area (Å²) in [5, 5.41) is 4.87. The lowest BCUT2D eigenvalue weighted by Gasteiger charge is -2.25. The van der Waals surface area contributed by atoms with Gasteiger partial charge in [0.1, 0.15) is 0 Å². The lowest BCUT2D eigenvalue weighted by molar-refractivity contribution is -0.115. The molecular formula is C21H21N3O. The summed E-state index contributed by atoms with van der Waals surface area (Å²) in [6.07, 6.45) is 0. The SMILES string of the molecule is O=C(CNN(Cc1ccccc1)c1ccccc1)Nc1ccccc1. The smallest absolute Gasteiger partial charge is 0.240 e. The first kappa shape index (κ1) is 16.7. The molecule has 0 fully saturated rings. The van der Waals surface area contributed by atoms with Gasteiger partial charge in [0.25, 0.3) is 0 Å². The molecule has 0 heterocycles. The third-order valence-corrected chi connectivity index (χ3v) is 3.74. The predicted octanol–water partition coefficient (Wildman–Crippen LogP) is 3.84. The Labute approximate surface area is 148 Å². The number of benzene rings is 3. The first-order valence-electron chi connectivity index (χ1n) is 8.26. The van der Waals surface area contributed by atoms with Crippen LogP contribution in [0.15, 0.2) is 91.0 Å². The predicted molar refractivity (Wildman–Crippen MR) is 102 cm³/mol. The molecule has 25 heavy (non-hydrogen) atoms. The Hall–Kier alpha value is -3.11. The first-order valence-corrected chi connectivity index (χ1v) is 8.26. The number of nitrogens with one attached hydrogen (secondary N) is 2. The molecule has 4 nitrogen and oxygen atoms in total. The van der Waals surface area contributed by atoms with E-state index in [9.17, 15) is 4.79 Å². The highest BCUT2D eigenvalue weighted by Crippen LogP contribution is 2.14. The summed E-state index contributed by atoms with van der Waals surface area (Å²) in [4.78, 5) is 12.2. The van der Waals surface area contributed by atoms with Crippen molar-refractivity contribution in [2.75, 3.05) is 16.9 Å². The Morgan fingerprint density at radius 2 is 1.32 bits per heavy atom. The minimum atomic E-state index is -0.0832. The summed E-state index contributed by atoms with van der Waals surface area (Å²) in [5.74, 6) is -0.0832. The van der Waals surface area contributed by atoms with E-state index in [1.165, 1.54) is 5.56 Å². The molecule has 3 rings (SSSR count). The van der Waals surface area contributed by atoms with E-state index in [0.29, 0.717) is 6.54 Å². The largest absolute Gasteiger partial charge is 0.325 e. The second-order valence-electron chi connectivity index (χ2n) is 5.66. The number of para-hydroxylation sites is 2. The highest BCUT2D eigenvalue weighted by molar-refractivity contribution is 5.92. The van der Waals surface area contributed by atoms with Gasteiger partial charge in [0, 0.05) is 5.69 Å². The number of hydrazine groups is 1. The zero-order valence-corrected chi connectivity index (χ0v) is 13.9. The third-order valence-electron chi connectivity index (χ3n) is 3.74. The molecule has 1 amide bonds. The van der Waals surface area contributed by atoms with E-state index in [4.69, 9.17) is 0 Å². The molecular weight excluding hydrogens is 310 g/mol. The van der Waals surface area contributed by atoms with Crippen molar-refractivity contribution in [3.05, 3.63) is 96.6 Å². The fourth-order valence-electron chi connectivity index (χ4n) is 2.51. The van der Waals surface area contributed by atoms with Crippen molar-refractivity contribution in [2.45, 2.75) is 6.54 Å². The number of anilines is 2. The fraction of sp³-hybridized carbons (Fsp3) is 0.0952. The van der Waals surface area contributed by atoms with Crippen LogP contribution in [0.5, 0.6) is 0 Å². The lowest BCUT2D eigenvalue weighted by atomic mass is 10.2. The quantitative estimate of drug-likeness (QED) is 0.647. The maximum atomic E-state index is 12.2. The normalized spacial score (nSPS) is 10.2. The monoisotopic (exact) mass is 331 g/mol. The van der Waals surface area contributed by atoms with Crippen LogP contribution in [0, 0.1) is 0 Å². The molecule has 3 aromatic rings. The van der Waals surface area contributed by atoms with Gasteiger partial charge in [-0.05, 0) is 29.8 Å². The van der Waals surface area contributed by atoms with Gasteiger partial charge in [-0.15, -0.1) is 0 Å². The molecule has 4 heteroatoms. The molecule has 2 N–H and O–H groups in total. The molecule has 0 aromatic heterocycles. The van der Waals surface area contributed by atoms with Gasteiger partial charge in [-0.25, -0.2) is 5.43 Å². The summed E-state index contributed by atoms with van der Waals surface area (Å²) >= 11 is 0. The van der Waals surface area contributed by atoms with Gasteiger partial charge in [-0.1, -0.05) is 66.7 Å². The van der Waals surface area contributed by atoms with Crippen LogP contribution in [0.3, 0.4) is 0 Å². The Balaban J connectivity index is 1.64. The van der Waals surface area contributed by atoms with Gasteiger partial charge in [0.05, 0.1) is 18.8 Å². The minimum Gasteiger partial charge on any atom is -0.325 e. The number of nitrogens with zero attached hydrogens (tertiary/aromatic N) is 1. The standard InChI is InChI=1S/C21H21N3O/c25-21(23-19-12-6-2-7-13-19)16-22-24(20-14-8-3-9-15-20)17-18-10-4-1-5-11-18/h1-15,22H,16-17H2,(H,23,25). The summed E-state index contributed by atoms with van der Waals surface area (Å²) < 4.78 is 0. The molecule has 0 unspecified atom stereocenters. The zero-order valence-electron chi connectivity index (χ0n) is 13.9. The van der Waals surface area contributed by atoms with E-state index < -0.39 is 0 Å². The highest BCUT2D eigenvalue weighted by Gasteiger charge is 2.09. The number of rotatable bonds is 7. The number of hydrogen-bond acceptors (Lipinski definition) is 3. The van der Waals surface area contributed by atoms with E-state index in [1.807, 2.05) is 83.9 Å². The molecule has 3 aromatic carbocycles. The van der Waals surface area contributed by atoms with Gasteiger partial charge >= 0.3 is 0 Å². The molecule has 0 aliphatic rings. The van der Waals surface area contributed by atoms with E-state index >= 15 is 0 Å². The number of carbonyl (C=O) groups is 1. The highest BCUT2D eigenvalue weighted by atomic mass is 16.2. The summed E-state index contributed by atoms with van der Waals surface area (Å²) in [5.41, 5.74) is 6.20. The summed E-state index contributed by atoms with van der Waals surface area (Å²) in [6, 6.07) is 29.6. The molecule has 0 aliphatic carbocycles. The van der Waals surface area contributed by atoms with E-state index in [0.717, 1.165) is 11.4 Å². The van der Waals surface area contributed by atoms with Gasteiger partial charge in [-0.2, -0.15) is 0 Å². The molecule has 0 bridgehead atoms. The average Bonchev–Trinajstić information content (AvgIpc) is 2.67. The Kier molecular flexibility index (Phi) is 5.80. The van der Waals surface area contributed by atoms with Crippen molar-refractivity contribution in [1.29, 1.82) is 0 Å². The number of amides is 1. The second kappa shape index (κ2) is 8.66. The molecule has 0 radical (unpaired) electrons. The summed E-state index contributed by atoms with van der Waals surface area (Å²) in [6.45, 7) is 0.861. The van der Waals surface area contributed by atoms with Crippen LogP contribution >= 0.6 is 0 Å². The van der Waals surface area contributed by atoms with Crippen LogP contribution in [0.4, 0.5) is 11.4 Å². The van der Waals surface area contributed by atoms with Crippen LogP contribution in [-0.2, 0) is 11.3 Å².